The molecule has 0 radical (unpaired) electrons. The van der Waals surface area contributed by atoms with Crippen molar-refractivity contribution in [3.05, 3.63) is 77.9 Å². The minimum Gasteiger partial charge on any atom is -0.508 e. The van der Waals surface area contributed by atoms with Gasteiger partial charge in [0.05, 0.1) is 12.6 Å². The fourth-order valence-electron chi connectivity index (χ4n) is 4.30. The van der Waals surface area contributed by atoms with Crippen molar-refractivity contribution >= 4 is 16.7 Å². The molecule has 3 aromatic rings. The van der Waals surface area contributed by atoms with E-state index in [-0.39, 0.29) is 17.6 Å². The summed E-state index contributed by atoms with van der Waals surface area (Å²) < 4.78 is 0. The number of nitrogens with one attached hydrogen (secondary N) is 1. The van der Waals surface area contributed by atoms with Crippen LogP contribution in [0.25, 0.3) is 10.8 Å². The van der Waals surface area contributed by atoms with Gasteiger partial charge in [-0.05, 0) is 48.3 Å². The van der Waals surface area contributed by atoms with Crippen LogP contribution in [0.5, 0.6) is 5.75 Å². The largest absolute Gasteiger partial charge is 0.508 e. The summed E-state index contributed by atoms with van der Waals surface area (Å²) in [6, 6.07) is 21.0. The standard InChI is InChI=1S/C26H26N2O2/c1-2-16-28-17-14-21(15-18-28)26(30)27-25(20-9-4-3-5-10-20)24-22-11-7-6-8-19(22)12-13-23(24)29/h1,3-13,21,25,29H,14-18H2,(H,27,30). The molecule has 0 aliphatic carbocycles. The Hall–Kier alpha value is -3.29. The Morgan fingerprint density at radius 2 is 1.77 bits per heavy atom. The average molecular weight is 399 g/mol. The van der Waals surface area contributed by atoms with Crippen molar-refractivity contribution in [2.24, 2.45) is 5.92 Å². The van der Waals surface area contributed by atoms with Crippen molar-refractivity contribution < 1.29 is 9.90 Å². The number of rotatable bonds is 5. The van der Waals surface area contributed by atoms with Crippen LogP contribution in [0.15, 0.2) is 66.7 Å². The predicted octanol–water partition coefficient (Wildman–Crippen LogP) is 4.10. The predicted molar refractivity (Wildman–Crippen MR) is 120 cm³/mol. The minimum absolute atomic E-state index is 0.0246. The van der Waals surface area contributed by atoms with Crippen molar-refractivity contribution in [1.82, 2.24) is 10.2 Å². The third-order valence-electron chi connectivity index (χ3n) is 5.93. The first kappa shape index (κ1) is 20.0. The van der Waals surface area contributed by atoms with E-state index in [1.54, 1.807) is 6.07 Å². The van der Waals surface area contributed by atoms with E-state index in [1.165, 1.54) is 0 Å². The van der Waals surface area contributed by atoms with Crippen molar-refractivity contribution in [2.45, 2.75) is 18.9 Å². The summed E-state index contributed by atoms with van der Waals surface area (Å²) in [6.45, 7) is 2.29. The van der Waals surface area contributed by atoms with E-state index in [1.807, 2.05) is 60.7 Å². The van der Waals surface area contributed by atoms with E-state index in [9.17, 15) is 9.90 Å². The lowest BCUT2D eigenvalue weighted by molar-refractivity contribution is -0.126. The molecule has 4 rings (SSSR count). The molecule has 0 bridgehead atoms. The minimum atomic E-state index is -0.423. The fraction of sp³-hybridized carbons (Fsp3) is 0.269. The first-order valence-corrected chi connectivity index (χ1v) is 10.4. The Labute approximate surface area is 177 Å². The quantitative estimate of drug-likeness (QED) is 0.637. The maximum atomic E-state index is 13.2. The second-order valence-corrected chi connectivity index (χ2v) is 7.83. The number of aromatic hydroxyl groups is 1. The number of hydrogen-bond acceptors (Lipinski definition) is 3. The Bertz CT molecular complexity index is 1060. The number of fused-ring (bicyclic) bond motifs is 1. The third kappa shape index (κ3) is 4.17. The van der Waals surface area contributed by atoms with Gasteiger partial charge in [-0.1, -0.05) is 66.6 Å². The second-order valence-electron chi connectivity index (χ2n) is 7.83. The highest BCUT2D eigenvalue weighted by Crippen LogP contribution is 2.36. The number of phenols is 1. The molecular formula is C26H26N2O2. The van der Waals surface area contributed by atoms with Crippen molar-refractivity contribution in [2.75, 3.05) is 19.6 Å². The monoisotopic (exact) mass is 398 g/mol. The molecule has 0 spiro atoms. The zero-order chi connectivity index (χ0) is 20.9. The number of benzene rings is 3. The lowest BCUT2D eigenvalue weighted by Gasteiger charge is -2.31. The summed E-state index contributed by atoms with van der Waals surface area (Å²) in [5.41, 5.74) is 1.68. The summed E-state index contributed by atoms with van der Waals surface area (Å²) in [4.78, 5) is 15.4. The van der Waals surface area contributed by atoms with Crippen LogP contribution in [0, 0.1) is 18.3 Å². The maximum Gasteiger partial charge on any atom is 0.223 e. The lowest BCUT2D eigenvalue weighted by Crippen LogP contribution is -2.41. The van der Waals surface area contributed by atoms with E-state index in [2.05, 4.69) is 16.1 Å². The summed E-state index contributed by atoms with van der Waals surface area (Å²) in [5.74, 6) is 2.84. The lowest BCUT2D eigenvalue weighted by atomic mass is 9.90. The van der Waals surface area contributed by atoms with E-state index in [0.29, 0.717) is 6.54 Å². The highest BCUT2D eigenvalue weighted by Gasteiger charge is 2.28. The zero-order valence-electron chi connectivity index (χ0n) is 16.9. The van der Waals surface area contributed by atoms with Crippen LogP contribution in [0.4, 0.5) is 0 Å². The summed E-state index contributed by atoms with van der Waals surface area (Å²) in [5, 5.41) is 16.0. The first-order chi connectivity index (χ1) is 14.7. The molecule has 4 heteroatoms. The molecule has 30 heavy (non-hydrogen) atoms. The van der Waals surface area contributed by atoms with Crippen LogP contribution in [0.2, 0.25) is 0 Å². The van der Waals surface area contributed by atoms with E-state index in [0.717, 1.165) is 47.8 Å². The molecule has 1 fully saturated rings. The van der Waals surface area contributed by atoms with Gasteiger partial charge < -0.3 is 10.4 Å². The highest BCUT2D eigenvalue weighted by atomic mass is 16.3. The SMILES string of the molecule is C#CCN1CCC(C(=O)NC(c2ccccc2)c2c(O)ccc3ccccc23)CC1. The molecular weight excluding hydrogens is 372 g/mol. The van der Waals surface area contributed by atoms with Crippen LogP contribution in [0.3, 0.4) is 0 Å². The summed E-state index contributed by atoms with van der Waals surface area (Å²) >= 11 is 0. The van der Waals surface area contributed by atoms with Crippen LogP contribution in [-0.2, 0) is 4.79 Å². The molecule has 1 atom stereocenters. The normalized spacial score (nSPS) is 16.1. The zero-order valence-corrected chi connectivity index (χ0v) is 16.9. The van der Waals surface area contributed by atoms with Gasteiger partial charge in [-0.25, -0.2) is 0 Å². The molecule has 3 aromatic carbocycles. The molecule has 1 aliphatic heterocycles. The van der Waals surface area contributed by atoms with Gasteiger partial charge in [-0.15, -0.1) is 6.42 Å². The Balaban J connectivity index is 1.66. The first-order valence-electron chi connectivity index (χ1n) is 10.4. The number of amides is 1. The van der Waals surface area contributed by atoms with Gasteiger partial charge in [0.1, 0.15) is 5.75 Å². The molecule has 1 heterocycles. The summed E-state index contributed by atoms with van der Waals surface area (Å²) in [6.07, 6.45) is 6.99. The number of hydrogen-bond donors (Lipinski definition) is 2. The molecule has 1 amide bonds. The molecule has 1 saturated heterocycles. The Kier molecular flexibility index (Phi) is 6.02. The number of nitrogens with zero attached hydrogens (tertiary/aromatic N) is 1. The van der Waals surface area contributed by atoms with Crippen LogP contribution < -0.4 is 5.32 Å². The molecule has 2 N–H and O–H groups in total. The van der Waals surface area contributed by atoms with Gasteiger partial charge in [0.25, 0.3) is 0 Å². The molecule has 0 saturated carbocycles. The molecule has 0 aromatic heterocycles. The topological polar surface area (TPSA) is 52.6 Å². The van der Waals surface area contributed by atoms with Crippen molar-refractivity contribution in [3.8, 4) is 18.1 Å². The Morgan fingerprint density at radius 1 is 1.07 bits per heavy atom. The maximum absolute atomic E-state index is 13.2. The number of carbonyl (C=O) groups excluding carboxylic acids is 1. The van der Waals surface area contributed by atoms with E-state index in [4.69, 9.17) is 6.42 Å². The highest BCUT2D eigenvalue weighted by molar-refractivity contribution is 5.89. The summed E-state index contributed by atoms with van der Waals surface area (Å²) in [7, 11) is 0. The smallest absolute Gasteiger partial charge is 0.223 e. The molecule has 4 nitrogen and oxygen atoms in total. The van der Waals surface area contributed by atoms with Gasteiger partial charge >= 0.3 is 0 Å². The van der Waals surface area contributed by atoms with Crippen molar-refractivity contribution in [3.63, 3.8) is 0 Å². The molecule has 1 aliphatic rings. The third-order valence-corrected chi connectivity index (χ3v) is 5.93. The van der Waals surface area contributed by atoms with Gasteiger partial charge in [0.2, 0.25) is 5.91 Å². The number of carbonyl (C=O) groups is 1. The molecule has 1 unspecified atom stereocenters. The molecule has 152 valence electrons. The van der Waals surface area contributed by atoms with Gasteiger partial charge in [0.15, 0.2) is 0 Å². The van der Waals surface area contributed by atoms with Crippen LogP contribution >= 0.6 is 0 Å². The number of phenolic OH excluding ortho intramolecular Hbond substituents is 1. The van der Waals surface area contributed by atoms with Gasteiger partial charge in [0, 0.05) is 11.5 Å². The fourth-order valence-corrected chi connectivity index (χ4v) is 4.30. The average Bonchev–Trinajstić information content (AvgIpc) is 2.79. The van der Waals surface area contributed by atoms with Crippen molar-refractivity contribution in [1.29, 1.82) is 0 Å². The number of likely N-dealkylation sites (tertiary alicyclic amines) is 1. The van der Waals surface area contributed by atoms with Gasteiger partial charge in [-0.2, -0.15) is 0 Å². The van der Waals surface area contributed by atoms with Crippen LogP contribution in [0.1, 0.15) is 30.0 Å². The van der Waals surface area contributed by atoms with E-state index >= 15 is 0 Å². The Morgan fingerprint density at radius 3 is 2.50 bits per heavy atom. The second kappa shape index (κ2) is 9.02. The van der Waals surface area contributed by atoms with Gasteiger partial charge in [-0.3, -0.25) is 9.69 Å². The number of terminal acetylenes is 1. The van der Waals surface area contributed by atoms with E-state index < -0.39 is 6.04 Å². The van der Waals surface area contributed by atoms with Crippen LogP contribution in [-0.4, -0.2) is 35.5 Å². The number of piperidine rings is 1.